The highest BCUT2D eigenvalue weighted by Crippen LogP contribution is 2.27. The highest BCUT2D eigenvalue weighted by atomic mass is 32.2. The van der Waals surface area contributed by atoms with E-state index in [1.807, 2.05) is 24.3 Å². The first-order chi connectivity index (χ1) is 9.16. The van der Waals surface area contributed by atoms with Crippen molar-refractivity contribution in [3.63, 3.8) is 0 Å². The first-order valence-electron chi connectivity index (χ1n) is 5.62. The molecule has 0 spiro atoms. The topological polar surface area (TPSA) is 82.2 Å². The lowest BCUT2D eigenvalue weighted by Crippen LogP contribution is -2.31. The number of aliphatic carboxylic acids is 1. The van der Waals surface area contributed by atoms with Crippen LogP contribution in [0.25, 0.3) is 10.9 Å². The Hall–Kier alpha value is -2.21. The van der Waals surface area contributed by atoms with Gasteiger partial charge in [0.2, 0.25) is 0 Å². The third-order valence-corrected chi connectivity index (χ3v) is 3.91. The molecule has 0 aliphatic carbocycles. The number of thioether (sulfide) groups is 1. The zero-order valence-corrected chi connectivity index (χ0v) is 10.5. The number of nitrogens with one attached hydrogen (secondary N) is 2. The Morgan fingerprint density at radius 2 is 2.05 bits per heavy atom. The summed E-state index contributed by atoms with van der Waals surface area (Å²) in [5.74, 6) is -1.18. The largest absolute Gasteiger partial charge is 0.477 e. The minimum Gasteiger partial charge on any atom is -0.477 e. The van der Waals surface area contributed by atoms with E-state index in [9.17, 15) is 9.59 Å². The molecule has 6 heteroatoms. The summed E-state index contributed by atoms with van der Waals surface area (Å²) >= 11 is 1.18. The fourth-order valence-corrected chi connectivity index (χ4v) is 2.89. The number of fused-ring (bicyclic) bond motifs is 1. The van der Waals surface area contributed by atoms with Crippen molar-refractivity contribution in [3.8, 4) is 0 Å². The van der Waals surface area contributed by atoms with Crippen LogP contribution in [-0.4, -0.2) is 27.2 Å². The maximum Gasteiger partial charge on any atom is 0.352 e. The quantitative estimate of drug-likeness (QED) is 0.745. The summed E-state index contributed by atoms with van der Waals surface area (Å²) < 4.78 is 0. The van der Waals surface area contributed by atoms with Crippen molar-refractivity contribution >= 4 is 34.4 Å². The number of benzene rings is 1. The third kappa shape index (κ3) is 2.00. The molecule has 0 saturated heterocycles. The molecular formula is C13H10N2O3S. The second-order valence-electron chi connectivity index (χ2n) is 4.11. The van der Waals surface area contributed by atoms with Gasteiger partial charge in [-0.25, -0.2) is 4.79 Å². The number of aromatic amines is 1. The van der Waals surface area contributed by atoms with Gasteiger partial charge in [0.15, 0.2) is 5.78 Å². The molecule has 0 fully saturated rings. The van der Waals surface area contributed by atoms with Gasteiger partial charge >= 0.3 is 5.97 Å². The van der Waals surface area contributed by atoms with E-state index in [2.05, 4.69) is 10.3 Å². The van der Waals surface area contributed by atoms with Crippen molar-refractivity contribution in [2.75, 3.05) is 0 Å². The molecule has 1 aliphatic heterocycles. The monoisotopic (exact) mass is 274 g/mol. The van der Waals surface area contributed by atoms with Gasteiger partial charge in [0.1, 0.15) is 11.1 Å². The summed E-state index contributed by atoms with van der Waals surface area (Å²) in [5.41, 5.74) is 1.52. The van der Waals surface area contributed by atoms with Gasteiger partial charge in [-0.1, -0.05) is 30.0 Å². The average Bonchev–Trinajstić information content (AvgIpc) is 3.05. The van der Waals surface area contributed by atoms with Crippen LogP contribution in [0.2, 0.25) is 0 Å². The number of rotatable bonds is 3. The summed E-state index contributed by atoms with van der Waals surface area (Å²) in [6.45, 7) is 0. The van der Waals surface area contributed by atoms with Crippen molar-refractivity contribution in [1.82, 2.24) is 10.3 Å². The molecule has 2 aromatic rings. The number of H-pyrrole nitrogens is 1. The number of aromatic nitrogens is 1. The first-order valence-corrected chi connectivity index (χ1v) is 6.57. The molecule has 2 heterocycles. The van der Waals surface area contributed by atoms with Crippen LogP contribution in [0.1, 0.15) is 10.4 Å². The van der Waals surface area contributed by atoms with Crippen molar-refractivity contribution < 1.29 is 14.7 Å². The summed E-state index contributed by atoms with van der Waals surface area (Å²) in [6.07, 6.45) is 1.66. The van der Waals surface area contributed by atoms with Crippen molar-refractivity contribution in [1.29, 1.82) is 0 Å². The highest BCUT2D eigenvalue weighted by Gasteiger charge is 2.29. The molecule has 5 nitrogen and oxygen atoms in total. The van der Waals surface area contributed by atoms with Crippen LogP contribution in [0, 0.1) is 0 Å². The summed E-state index contributed by atoms with van der Waals surface area (Å²) in [7, 11) is 0. The Morgan fingerprint density at radius 3 is 2.79 bits per heavy atom. The van der Waals surface area contributed by atoms with Crippen molar-refractivity contribution in [2.45, 2.75) is 5.37 Å². The normalized spacial score (nSPS) is 18.1. The van der Waals surface area contributed by atoms with Crippen LogP contribution in [0.4, 0.5) is 0 Å². The minimum absolute atomic E-state index is 0.0585. The average molecular weight is 274 g/mol. The zero-order valence-electron chi connectivity index (χ0n) is 9.71. The molecular weight excluding hydrogens is 264 g/mol. The second-order valence-corrected chi connectivity index (χ2v) is 5.09. The second kappa shape index (κ2) is 4.47. The Bertz CT molecular complexity index is 705. The number of hydrogen-bond donors (Lipinski definition) is 3. The van der Waals surface area contributed by atoms with Gasteiger partial charge in [0.25, 0.3) is 0 Å². The Morgan fingerprint density at radius 1 is 1.26 bits per heavy atom. The zero-order chi connectivity index (χ0) is 13.4. The van der Waals surface area contributed by atoms with Gasteiger partial charge in [-0.05, 0) is 6.07 Å². The van der Waals surface area contributed by atoms with E-state index >= 15 is 0 Å². The van der Waals surface area contributed by atoms with Gasteiger partial charge < -0.3 is 15.4 Å². The minimum atomic E-state index is -1.05. The molecule has 1 aromatic heterocycles. The maximum atomic E-state index is 12.4. The van der Waals surface area contributed by atoms with Crippen LogP contribution in [0.5, 0.6) is 0 Å². The fraction of sp³-hybridized carbons (Fsp3) is 0.0769. The molecule has 96 valence electrons. The number of carboxylic acids is 1. The Balaban J connectivity index is 1.88. The molecule has 0 radical (unpaired) electrons. The molecule has 1 aliphatic rings. The van der Waals surface area contributed by atoms with E-state index in [-0.39, 0.29) is 11.5 Å². The van der Waals surface area contributed by atoms with E-state index in [1.165, 1.54) is 17.2 Å². The van der Waals surface area contributed by atoms with E-state index in [1.54, 1.807) is 6.20 Å². The van der Waals surface area contributed by atoms with E-state index < -0.39 is 11.3 Å². The van der Waals surface area contributed by atoms with Gasteiger partial charge in [-0.3, -0.25) is 4.79 Å². The standard InChI is InChI=1S/C13H10N2O3S/c16-11(12-15-10(6-19-12)13(17)18)8-5-14-9-4-2-1-3-7(8)9/h1-6,12,14-15H,(H,17,18). The van der Waals surface area contributed by atoms with Crippen LogP contribution >= 0.6 is 11.8 Å². The number of carboxylic acid groups (broad SMARTS) is 1. The molecule has 1 aromatic carbocycles. The van der Waals surface area contributed by atoms with Gasteiger partial charge in [-0.2, -0.15) is 0 Å². The lowest BCUT2D eigenvalue weighted by molar-refractivity contribution is -0.133. The maximum absolute atomic E-state index is 12.4. The van der Waals surface area contributed by atoms with Crippen LogP contribution in [0.15, 0.2) is 41.6 Å². The van der Waals surface area contributed by atoms with Gasteiger partial charge in [0.05, 0.1) is 0 Å². The molecule has 0 amide bonds. The molecule has 1 unspecified atom stereocenters. The fourth-order valence-electron chi connectivity index (χ4n) is 2.00. The molecule has 0 bridgehead atoms. The van der Waals surface area contributed by atoms with E-state index in [4.69, 9.17) is 5.11 Å². The van der Waals surface area contributed by atoms with E-state index in [0.717, 1.165) is 10.9 Å². The number of ketones is 1. The highest BCUT2D eigenvalue weighted by molar-refractivity contribution is 8.03. The third-order valence-electron chi connectivity index (χ3n) is 2.93. The number of carbonyl (C=O) groups excluding carboxylic acids is 1. The first kappa shape index (κ1) is 11.9. The van der Waals surface area contributed by atoms with Gasteiger partial charge in [0, 0.05) is 28.1 Å². The molecule has 19 heavy (non-hydrogen) atoms. The summed E-state index contributed by atoms with van der Waals surface area (Å²) in [6, 6.07) is 7.51. The predicted octanol–water partition coefficient (Wildman–Crippen LogP) is 1.94. The Kier molecular flexibility index (Phi) is 2.79. The number of hydrogen-bond acceptors (Lipinski definition) is 4. The summed E-state index contributed by atoms with van der Waals surface area (Å²) in [5, 5.41) is 13.3. The molecule has 0 saturated carbocycles. The lowest BCUT2D eigenvalue weighted by atomic mass is 10.1. The van der Waals surface area contributed by atoms with Crippen molar-refractivity contribution in [3.05, 3.63) is 47.1 Å². The summed E-state index contributed by atoms with van der Waals surface area (Å²) in [4.78, 5) is 26.2. The molecule has 1 atom stereocenters. The van der Waals surface area contributed by atoms with E-state index in [0.29, 0.717) is 5.56 Å². The van der Waals surface area contributed by atoms with Crippen LogP contribution in [0.3, 0.4) is 0 Å². The number of Topliss-reactive ketones (excluding diaryl/α,β-unsaturated/α-hetero) is 1. The van der Waals surface area contributed by atoms with Gasteiger partial charge in [-0.15, -0.1) is 0 Å². The molecule has 3 N–H and O–H groups in total. The number of para-hydroxylation sites is 1. The van der Waals surface area contributed by atoms with Crippen LogP contribution in [-0.2, 0) is 4.79 Å². The Labute approximate surface area is 112 Å². The molecule has 3 rings (SSSR count). The SMILES string of the molecule is O=C(O)C1=CSC(C(=O)c2c[nH]c3ccccc23)N1. The number of carbonyl (C=O) groups is 2. The predicted molar refractivity (Wildman–Crippen MR) is 72.9 cm³/mol. The lowest BCUT2D eigenvalue weighted by Gasteiger charge is -2.09. The van der Waals surface area contributed by atoms with Crippen molar-refractivity contribution in [2.24, 2.45) is 0 Å². The van der Waals surface area contributed by atoms with Crippen LogP contribution < -0.4 is 5.32 Å². The smallest absolute Gasteiger partial charge is 0.352 e.